The molecule has 1 aromatic carbocycles. The van der Waals surface area contributed by atoms with Gasteiger partial charge in [-0.15, -0.1) is 11.3 Å². The predicted molar refractivity (Wildman–Crippen MR) is 106 cm³/mol. The van der Waals surface area contributed by atoms with Crippen LogP contribution in [-0.4, -0.2) is 42.7 Å². The maximum Gasteiger partial charge on any atom is 0.348 e. The quantitative estimate of drug-likeness (QED) is 0.613. The largest absolute Gasteiger partial charge is 0.462 e. The first-order valence-corrected chi connectivity index (χ1v) is 11.1. The van der Waals surface area contributed by atoms with Gasteiger partial charge in [0.15, 0.2) is 0 Å². The molecular weight excluding hydrogens is 402 g/mol. The molecule has 0 aliphatic heterocycles. The Morgan fingerprint density at radius 3 is 2.68 bits per heavy atom. The molecule has 0 saturated heterocycles. The Kier molecular flexibility index (Phi) is 5.52. The number of para-hydroxylation sites is 2. The minimum absolute atomic E-state index is 0.168. The number of hydrogen-bond acceptors (Lipinski definition) is 7. The number of aryl methyl sites for hydroxylation is 1. The fourth-order valence-corrected chi connectivity index (χ4v) is 4.56. The second-order valence-corrected chi connectivity index (χ2v) is 9.09. The van der Waals surface area contributed by atoms with E-state index in [1.54, 1.807) is 44.2 Å². The van der Waals surface area contributed by atoms with Gasteiger partial charge >= 0.3 is 5.97 Å². The van der Waals surface area contributed by atoms with Gasteiger partial charge in [-0.3, -0.25) is 4.79 Å². The smallest absolute Gasteiger partial charge is 0.348 e. The third-order valence-corrected chi connectivity index (χ3v) is 6.00. The second-order valence-electron chi connectivity index (χ2n) is 6.13. The van der Waals surface area contributed by atoms with Crippen molar-refractivity contribution in [3.8, 4) is 0 Å². The molecule has 2 heterocycles. The highest BCUT2D eigenvalue weighted by atomic mass is 32.2. The highest BCUT2D eigenvalue weighted by molar-refractivity contribution is 7.90. The van der Waals surface area contributed by atoms with Gasteiger partial charge < -0.3 is 14.6 Å². The summed E-state index contributed by atoms with van der Waals surface area (Å²) in [6.45, 7) is 3.51. The number of anilines is 1. The van der Waals surface area contributed by atoms with E-state index >= 15 is 0 Å². The number of esters is 1. The van der Waals surface area contributed by atoms with Crippen LogP contribution in [0.1, 0.15) is 22.2 Å². The molecule has 0 aliphatic carbocycles. The zero-order valence-electron chi connectivity index (χ0n) is 15.6. The zero-order valence-corrected chi connectivity index (χ0v) is 17.2. The van der Waals surface area contributed by atoms with Crippen LogP contribution in [0.25, 0.3) is 11.0 Å². The van der Waals surface area contributed by atoms with Crippen molar-refractivity contribution in [2.75, 3.05) is 18.2 Å². The number of nitrogens with zero attached hydrogens (tertiary/aromatic N) is 2. The lowest BCUT2D eigenvalue weighted by Crippen LogP contribution is -2.21. The van der Waals surface area contributed by atoms with E-state index in [1.165, 1.54) is 4.57 Å². The summed E-state index contributed by atoms with van der Waals surface area (Å²) < 4.78 is 30.5. The van der Waals surface area contributed by atoms with Crippen LogP contribution in [0.3, 0.4) is 0 Å². The molecule has 3 rings (SSSR count). The number of sulfone groups is 1. The average Bonchev–Trinajstić information content (AvgIpc) is 3.16. The van der Waals surface area contributed by atoms with E-state index < -0.39 is 21.7 Å². The Hall–Kier alpha value is -2.72. The molecule has 0 saturated carbocycles. The van der Waals surface area contributed by atoms with Gasteiger partial charge in [0.05, 0.1) is 22.6 Å². The summed E-state index contributed by atoms with van der Waals surface area (Å²) in [6.07, 6.45) is 1.05. The summed E-state index contributed by atoms with van der Waals surface area (Å²) in [4.78, 5) is 29.0. The fourth-order valence-electron chi connectivity index (χ4n) is 2.75. The molecule has 0 radical (unpaired) electrons. The van der Waals surface area contributed by atoms with Crippen molar-refractivity contribution in [1.82, 2.24) is 9.55 Å². The maximum atomic E-state index is 12.6. The molecule has 0 fully saturated rings. The van der Waals surface area contributed by atoms with E-state index in [9.17, 15) is 18.0 Å². The number of thiophene rings is 1. The molecule has 0 spiro atoms. The van der Waals surface area contributed by atoms with Gasteiger partial charge in [-0.25, -0.2) is 18.2 Å². The van der Waals surface area contributed by atoms with E-state index in [2.05, 4.69) is 10.3 Å². The molecular formula is C18H19N3O5S2. The first kappa shape index (κ1) is 20.0. The van der Waals surface area contributed by atoms with Crippen LogP contribution in [0.4, 0.5) is 5.00 Å². The molecule has 3 aromatic rings. The van der Waals surface area contributed by atoms with E-state index in [-0.39, 0.29) is 18.3 Å². The lowest BCUT2D eigenvalue weighted by molar-refractivity contribution is -0.116. The van der Waals surface area contributed by atoms with Crippen molar-refractivity contribution in [3.63, 3.8) is 0 Å². The first-order chi connectivity index (χ1) is 13.2. The summed E-state index contributed by atoms with van der Waals surface area (Å²) in [5.41, 5.74) is 1.74. The third kappa shape index (κ3) is 4.07. The second kappa shape index (κ2) is 7.72. The first-order valence-electron chi connectivity index (χ1n) is 8.43. The molecule has 1 N–H and O–H groups in total. The van der Waals surface area contributed by atoms with Gasteiger partial charge in [-0.05, 0) is 37.6 Å². The monoisotopic (exact) mass is 421 g/mol. The standard InChI is InChI=1S/C18H19N3O5S2/c1-4-26-17(23)16-11(2)9-15(27-16)20-14(22)10-21-13-8-6-5-7-12(13)19-18(21)28(3,24)25/h5-9H,4,10H2,1-3H3,(H,20,22). The number of ether oxygens (including phenoxy) is 1. The molecule has 2 aromatic heterocycles. The minimum atomic E-state index is -3.62. The number of benzene rings is 1. The predicted octanol–water partition coefficient (Wildman–Crippen LogP) is 2.63. The Morgan fingerprint density at radius 2 is 2.00 bits per heavy atom. The van der Waals surface area contributed by atoms with Crippen molar-refractivity contribution in [1.29, 1.82) is 0 Å². The Morgan fingerprint density at radius 1 is 1.29 bits per heavy atom. The van der Waals surface area contributed by atoms with E-state index in [0.29, 0.717) is 26.5 Å². The van der Waals surface area contributed by atoms with Crippen LogP contribution < -0.4 is 5.32 Å². The third-order valence-electron chi connectivity index (χ3n) is 3.89. The van der Waals surface area contributed by atoms with Crippen LogP contribution in [0.5, 0.6) is 0 Å². The van der Waals surface area contributed by atoms with Gasteiger partial charge in [0.2, 0.25) is 20.9 Å². The number of fused-ring (bicyclic) bond motifs is 1. The van der Waals surface area contributed by atoms with Crippen molar-refractivity contribution in [2.45, 2.75) is 25.5 Å². The van der Waals surface area contributed by atoms with Gasteiger partial charge in [0.25, 0.3) is 0 Å². The maximum absolute atomic E-state index is 12.6. The molecule has 0 aliphatic rings. The summed E-state index contributed by atoms with van der Waals surface area (Å²) in [5.74, 6) is -0.866. The Balaban J connectivity index is 1.87. The Labute approximate surface area is 166 Å². The number of carbonyl (C=O) groups excluding carboxylic acids is 2. The van der Waals surface area contributed by atoms with Crippen LogP contribution in [0.2, 0.25) is 0 Å². The summed E-state index contributed by atoms with van der Waals surface area (Å²) in [7, 11) is -3.62. The molecule has 8 nitrogen and oxygen atoms in total. The van der Waals surface area contributed by atoms with E-state index in [0.717, 1.165) is 17.6 Å². The summed E-state index contributed by atoms with van der Waals surface area (Å²) in [5, 5.41) is 3.02. The van der Waals surface area contributed by atoms with Crippen molar-refractivity contribution < 1.29 is 22.7 Å². The molecule has 0 bridgehead atoms. The number of carbonyl (C=O) groups is 2. The SMILES string of the molecule is CCOC(=O)c1sc(NC(=O)Cn2c(S(C)(=O)=O)nc3ccccc32)cc1C. The van der Waals surface area contributed by atoms with E-state index in [4.69, 9.17) is 4.74 Å². The highest BCUT2D eigenvalue weighted by Crippen LogP contribution is 2.27. The van der Waals surface area contributed by atoms with Gasteiger partial charge in [-0.2, -0.15) is 0 Å². The van der Waals surface area contributed by atoms with Gasteiger partial charge in [-0.1, -0.05) is 12.1 Å². The van der Waals surface area contributed by atoms with Crippen LogP contribution in [0.15, 0.2) is 35.5 Å². The van der Waals surface area contributed by atoms with Crippen molar-refractivity contribution in [3.05, 3.63) is 40.8 Å². The lowest BCUT2D eigenvalue weighted by Gasteiger charge is -2.08. The van der Waals surface area contributed by atoms with Gasteiger partial charge in [0, 0.05) is 6.26 Å². The number of rotatable bonds is 6. The minimum Gasteiger partial charge on any atom is -0.462 e. The number of hydrogen-bond donors (Lipinski definition) is 1. The molecule has 148 valence electrons. The van der Waals surface area contributed by atoms with Crippen molar-refractivity contribution >= 4 is 49.1 Å². The average molecular weight is 422 g/mol. The lowest BCUT2D eigenvalue weighted by atomic mass is 10.3. The number of imidazole rings is 1. The number of nitrogens with one attached hydrogen (secondary N) is 1. The summed E-state index contributed by atoms with van der Waals surface area (Å²) >= 11 is 1.11. The molecule has 1 amide bonds. The van der Waals surface area contributed by atoms with Crippen molar-refractivity contribution in [2.24, 2.45) is 0 Å². The molecule has 0 unspecified atom stereocenters. The topological polar surface area (TPSA) is 107 Å². The Bertz CT molecular complexity index is 1160. The van der Waals surface area contributed by atoms with E-state index in [1.807, 2.05) is 0 Å². The van der Waals surface area contributed by atoms with Gasteiger partial charge in [0.1, 0.15) is 11.4 Å². The molecule has 28 heavy (non-hydrogen) atoms. The van der Waals surface area contributed by atoms with Crippen LogP contribution in [-0.2, 0) is 25.9 Å². The summed E-state index contributed by atoms with van der Waals surface area (Å²) in [6, 6.07) is 8.57. The van der Waals surface area contributed by atoms with Crippen LogP contribution in [0, 0.1) is 6.92 Å². The normalized spacial score (nSPS) is 11.5. The highest BCUT2D eigenvalue weighted by Gasteiger charge is 2.22. The zero-order chi connectivity index (χ0) is 20.5. The molecule has 10 heteroatoms. The fraction of sp³-hybridized carbons (Fsp3) is 0.278. The number of amides is 1. The number of aromatic nitrogens is 2. The molecule has 0 atom stereocenters. The van der Waals surface area contributed by atoms with Crippen LogP contribution >= 0.6 is 11.3 Å².